The SMILES string of the molecule is CC(C)N1C(=O)C(=O)N(Cc2nc3ccccc3n2C(F)F)C1=O. The Morgan fingerprint density at radius 2 is 1.75 bits per heavy atom. The first kappa shape index (κ1) is 16.0. The minimum Gasteiger partial charge on any atom is -0.269 e. The van der Waals surface area contributed by atoms with Gasteiger partial charge >= 0.3 is 24.4 Å². The lowest BCUT2D eigenvalue weighted by atomic mass is 10.3. The number of rotatable bonds is 4. The van der Waals surface area contributed by atoms with Gasteiger partial charge in [-0.3, -0.25) is 19.1 Å². The molecule has 1 fully saturated rings. The summed E-state index contributed by atoms with van der Waals surface area (Å²) in [5, 5.41) is 0. The molecule has 1 aliphatic heterocycles. The molecule has 24 heavy (non-hydrogen) atoms. The second-order valence-corrected chi connectivity index (χ2v) is 5.61. The number of nitrogens with zero attached hydrogens (tertiary/aromatic N) is 4. The molecule has 0 saturated carbocycles. The number of fused-ring (bicyclic) bond motifs is 1. The molecule has 1 aromatic carbocycles. The van der Waals surface area contributed by atoms with E-state index in [9.17, 15) is 23.2 Å². The summed E-state index contributed by atoms with van der Waals surface area (Å²) in [6.07, 6.45) is 0. The lowest BCUT2D eigenvalue weighted by Gasteiger charge is -2.18. The van der Waals surface area contributed by atoms with E-state index in [4.69, 9.17) is 0 Å². The second-order valence-electron chi connectivity index (χ2n) is 5.61. The largest absolute Gasteiger partial charge is 0.334 e. The lowest BCUT2D eigenvalue weighted by Crippen LogP contribution is -2.38. The second kappa shape index (κ2) is 5.66. The fourth-order valence-electron chi connectivity index (χ4n) is 2.68. The highest BCUT2D eigenvalue weighted by atomic mass is 19.3. The maximum atomic E-state index is 13.4. The molecule has 0 N–H and O–H groups in total. The number of aromatic nitrogens is 2. The van der Waals surface area contributed by atoms with Crippen molar-refractivity contribution >= 4 is 28.9 Å². The Balaban J connectivity index is 2.01. The number of alkyl halides is 2. The molecule has 0 aliphatic carbocycles. The first-order valence-electron chi connectivity index (χ1n) is 7.26. The predicted molar refractivity (Wildman–Crippen MR) is 78.9 cm³/mol. The monoisotopic (exact) mass is 336 g/mol. The minimum absolute atomic E-state index is 0.161. The molecular weight excluding hydrogens is 322 g/mol. The van der Waals surface area contributed by atoms with Crippen LogP contribution in [0.25, 0.3) is 11.0 Å². The fourth-order valence-corrected chi connectivity index (χ4v) is 2.68. The summed E-state index contributed by atoms with van der Waals surface area (Å²) in [6.45, 7) is -0.217. The summed E-state index contributed by atoms with van der Waals surface area (Å²) >= 11 is 0. The molecule has 0 unspecified atom stereocenters. The Hall–Kier alpha value is -2.84. The molecule has 7 nitrogen and oxygen atoms in total. The molecule has 0 atom stereocenters. The first-order chi connectivity index (χ1) is 11.3. The van der Waals surface area contributed by atoms with E-state index in [2.05, 4.69) is 4.98 Å². The highest BCUT2D eigenvalue weighted by molar-refractivity contribution is 6.44. The summed E-state index contributed by atoms with van der Waals surface area (Å²) in [6, 6.07) is 4.92. The van der Waals surface area contributed by atoms with Crippen molar-refractivity contribution < 1.29 is 23.2 Å². The van der Waals surface area contributed by atoms with Crippen LogP contribution < -0.4 is 0 Å². The topological polar surface area (TPSA) is 75.5 Å². The van der Waals surface area contributed by atoms with Gasteiger partial charge in [0.1, 0.15) is 5.82 Å². The number of carbonyl (C=O) groups excluding carboxylic acids is 3. The van der Waals surface area contributed by atoms with Gasteiger partial charge in [0.25, 0.3) is 0 Å². The van der Waals surface area contributed by atoms with Gasteiger partial charge in [-0.1, -0.05) is 12.1 Å². The molecule has 0 bridgehead atoms. The van der Waals surface area contributed by atoms with E-state index in [1.54, 1.807) is 32.0 Å². The van der Waals surface area contributed by atoms with Crippen LogP contribution in [0.2, 0.25) is 0 Å². The van der Waals surface area contributed by atoms with Gasteiger partial charge in [0.15, 0.2) is 0 Å². The van der Waals surface area contributed by atoms with E-state index in [1.807, 2.05) is 0 Å². The summed E-state index contributed by atoms with van der Waals surface area (Å²) in [5.74, 6) is -2.16. The zero-order valence-electron chi connectivity index (χ0n) is 12.9. The minimum atomic E-state index is -2.89. The molecule has 2 aromatic rings. The van der Waals surface area contributed by atoms with Gasteiger partial charge in [-0.25, -0.2) is 14.7 Å². The van der Waals surface area contributed by atoms with Crippen LogP contribution in [-0.4, -0.2) is 43.2 Å². The molecule has 3 rings (SSSR count). The fraction of sp³-hybridized carbons (Fsp3) is 0.333. The highest BCUT2D eigenvalue weighted by Crippen LogP contribution is 2.25. The van der Waals surface area contributed by atoms with Crippen LogP contribution in [0.3, 0.4) is 0 Å². The summed E-state index contributed by atoms with van der Waals surface area (Å²) in [4.78, 5) is 41.7. The number of carbonyl (C=O) groups is 3. The van der Waals surface area contributed by atoms with Crippen LogP contribution in [0.5, 0.6) is 0 Å². The predicted octanol–water partition coefficient (Wildman–Crippen LogP) is 2.13. The standard InChI is InChI=1S/C15H14F2N4O3/c1-8(2)20-13(23)12(22)19(15(20)24)7-11-18-9-5-3-4-6-10(9)21(11)14(16)17/h3-6,8,14H,7H2,1-2H3. The Morgan fingerprint density at radius 1 is 1.08 bits per heavy atom. The number of para-hydroxylation sites is 2. The molecule has 9 heteroatoms. The Morgan fingerprint density at radius 3 is 2.33 bits per heavy atom. The number of halogens is 2. The van der Waals surface area contributed by atoms with Crippen LogP contribution in [0.15, 0.2) is 24.3 Å². The number of imide groups is 2. The average Bonchev–Trinajstić information content (AvgIpc) is 2.98. The Kier molecular flexibility index (Phi) is 3.78. The quantitative estimate of drug-likeness (QED) is 0.633. The molecule has 0 spiro atoms. The third-order valence-electron chi connectivity index (χ3n) is 3.76. The van der Waals surface area contributed by atoms with E-state index < -0.39 is 37.0 Å². The Bertz CT molecular complexity index is 846. The Labute approximate surface area is 135 Å². The van der Waals surface area contributed by atoms with Gasteiger partial charge in [0.2, 0.25) is 0 Å². The number of benzene rings is 1. The van der Waals surface area contributed by atoms with Crippen molar-refractivity contribution in [2.24, 2.45) is 0 Å². The molecule has 4 amide bonds. The molecule has 0 radical (unpaired) electrons. The zero-order valence-corrected chi connectivity index (χ0v) is 12.9. The van der Waals surface area contributed by atoms with Crippen molar-refractivity contribution in [1.82, 2.24) is 19.4 Å². The highest BCUT2D eigenvalue weighted by Gasteiger charge is 2.46. The number of amides is 4. The first-order valence-corrected chi connectivity index (χ1v) is 7.26. The molecular formula is C15H14F2N4O3. The van der Waals surface area contributed by atoms with Crippen molar-refractivity contribution in [3.63, 3.8) is 0 Å². The smallest absolute Gasteiger partial charge is 0.269 e. The van der Waals surface area contributed by atoms with Crippen molar-refractivity contribution in [2.75, 3.05) is 0 Å². The lowest BCUT2D eigenvalue weighted by molar-refractivity contribution is -0.144. The molecule has 2 heterocycles. The van der Waals surface area contributed by atoms with Gasteiger partial charge in [0, 0.05) is 6.04 Å². The molecule has 1 saturated heterocycles. The van der Waals surface area contributed by atoms with Crippen LogP contribution in [-0.2, 0) is 16.1 Å². The van der Waals surface area contributed by atoms with E-state index >= 15 is 0 Å². The van der Waals surface area contributed by atoms with Crippen molar-refractivity contribution in [1.29, 1.82) is 0 Å². The number of urea groups is 1. The number of imidazole rings is 1. The van der Waals surface area contributed by atoms with Crippen molar-refractivity contribution in [3.05, 3.63) is 30.1 Å². The van der Waals surface area contributed by atoms with Crippen molar-refractivity contribution in [3.8, 4) is 0 Å². The molecule has 126 valence electrons. The zero-order chi connectivity index (χ0) is 17.6. The third-order valence-corrected chi connectivity index (χ3v) is 3.76. The summed E-state index contributed by atoms with van der Waals surface area (Å²) < 4.78 is 27.4. The van der Waals surface area contributed by atoms with Gasteiger partial charge in [-0.2, -0.15) is 8.78 Å². The van der Waals surface area contributed by atoms with Crippen LogP contribution in [0.4, 0.5) is 13.6 Å². The maximum absolute atomic E-state index is 13.4. The van der Waals surface area contributed by atoms with E-state index in [1.165, 1.54) is 6.07 Å². The van der Waals surface area contributed by atoms with Gasteiger partial charge in [-0.05, 0) is 26.0 Å². The number of hydrogen-bond acceptors (Lipinski definition) is 4. The van der Waals surface area contributed by atoms with E-state index in [0.717, 1.165) is 4.90 Å². The van der Waals surface area contributed by atoms with Crippen LogP contribution >= 0.6 is 0 Å². The van der Waals surface area contributed by atoms with Crippen LogP contribution in [0, 0.1) is 0 Å². The molecule has 1 aromatic heterocycles. The van der Waals surface area contributed by atoms with Gasteiger partial charge < -0.3 is 0 Å². The average molecular weight is 336 g/mol. The number of hydrogen-bond donors (Lipinski definition) is 0. The van der Waals surface area contributed by atoms with E-state index in [-0.39, 0.29) is 11.3 Å². The summed E-state index contributed by atoms with van der Waals surface area (Å²) in [7, 11) is 0. The molecule has 1 aliphatic rings. The van der Waals surface area contributed by atoms with Gasteiger partial charge in [0.05, 0.1) is 17.6 Å². The van der Waals surface area contributed by atoms with Crippen molar-refractivity contribution in [2.45, 2.75) is 33.0 Å². The van der Waals surface area contributed by atoms with Gasteiger partial charge in [-0.15, -0.1) is 0 Å². The summed E-state index contributed by atoms with van der Waals surface area (Å²) in [5.41, 5.74) is 0.507. The van der Waals surface area contributed by atoms with Crippen LogP contribution in [0.1, 0.15) is 26.2 Å². The normalized spacial score (nSPS) is 15.7. The van der Waals surface area contributed by atoms with E-state index in [0.29, 0.717) is 15.0 Å². The maximum Gasteiger partial charge on any atom is 0.334 e. The third kappa shape index (κ3) is 2.32.